The van der Waals surface area contributed by atoms with Gasteiger partial charge in [-0.25, -0.2) is 29.3 Å². The molecule has 22 nitrogen and oxygen atoms in total. The van der Waals surface area contributed by atoms with Crippen LogP contribution in [0, 0.1) is 41.5 Å². The lowest BCUT2D eigenvalue weighted by Crippen LogP contribution is -2.30. The predicted molar refractivity (Wildman–Crippen MR) is 414 cm³/mol. The van der Waals surface area contributed by atoms with Gasteiger partial charge in [0.2, 0.25) is 0 Å². The van der Waals surface area contributed by atoms with Gasteiger partial charge in [0.25, 0.3) is 0 Å². The van der Waals surface area contributed by atoms with Gasteiger partial charge < -0.3 is 33.8 Å². The van der Waals surface area contributed by atoms with Gasteiger partial charge >= 0.3 is 35.0 Å². The molecule has 0 saturated heterocycles. The third kappa shape index (κ3) is 14.0. The summed E-state index contributed by atoms with van der Waals surface area (Å²) in [7, 11) is 7.55. The maximum atomic E-state index is 14.0. The first-order valence-corrected chi connectivity index (χ1v) is 35.2. The van der Waals surface area contributed by atoms with Gasteiger partial charge in [-0.05, 0) is 183 Å². The zero-order chi connectivity index (χ0) is 75.3. The molecule has 0 spiro atoms. The molecule has 0 fully saturated rings. The molecule has 0 radical (unpaired) electrons. The number of carbonyl (C=O) groups is 3. The first-order chi connectivity index (χ1) is 50.8. The van der Waals surface area contributed by atoms with Gasteiger partial charge in [-0.3, -0.25) is 41.8 Å². The van der Waals surface area contributed by atoms with E-state index in [0.29, 0.717) is 85.6 Å². The van der Waals surface area contributed by atoms with Crippen LogP contribution in [-0.2, 0) is 55.2 Å². The predicted octanol–water partition coefficient (Wildman–Crippen LogP) is 14.6. The molecule has 9 aromatic heterocycles. The number of nitrogens with zero attached hydrogens (tertiary/aromatic N) is 12. The molecular formula is C82H78Cl2N12O10. The summed E-state index contributed by atoms with van der Waals surface area (Å²) in [5.41, 5.74) is 16.5. The Morgan fingerprint density at radius 3 is 1.04 bits per heavy atom. The number of carboxylic acids is 3. The number of aromatic nitrogens is 12. The number of fused-ring (bicyclic) bond motifs is 6. The molecule has 106 heavy (non-hydrogen) atoms. The van der Waals surface area contributed by atoms with Crippen molar-refractivity contribution in [1.82, 2.24) is 56.1 Å². The highest BCUT2D eigenvalue weighted by atomic mass is 35.5. The first kappa shape index (κ1) is 72.3. The fourth-order valence-electron chi connectivity index (χ4n) is 14.9. The fraction of sp³-hybridized carbons (Fsp3) is 0.232. The molecule has 9 heterocycles. The fourth-order valence-corrected chi connectivity index (χ4v) is 15.2. The van der Waals surface area contributed by atoms with Crippen molar-refractivity contribution in [2.75, 3.05) is 7.11 Å². The van der Waals surface area contributed by atoms with Crippen LogP contribution in [0.1, 0.15) is 105 Å². The average Bonchev–Trinajstić information content (AvgIpc) is 1.60. The lowest BCUT2D eigenvalue weighted by Gasteiger charge is -2.17. The highest BCUT2D eigenvalue weighted by Gasteiger charge is 2.31. The number of hydrogen-bond donors (Lipinski definition) is 3. The Labute approximate surface area is 618 Å². The number of benzene rings is 6. The molecule has 0 aliphatic carbocycles. The highest BCUT2D eigenvalue weighted by Crippen LogP contribution is 2.35. The van der Waals surface area contributed by atoms with Gasteiger partial charge in [-0.1, -0.05) is 96.0 Å². The summed E-state index contributed by atoms with van der Waals surface area (Å²) in [5.74, 6) is -2.36. The Balaban J connectivity index is 0.000000141. The van der Waals surface area contributed by atoms with Crippen LogP contribution >= 0.6 is 23.2 Å². The van der Waals surface area contributed by atoms with E-state index in [0.717, 1.165) is 83.2 Å². The van der Waals surface area contributed by atoms with Crippen molar-refractivity contribution in [2.45, 2.75) is 98.6 Å². The number of aliphatic carboxylic acids is 3. The Morgan fingerprint density at radius 1 is 0.396 bits per heavy atom. The van der Waals surface area contributed by atoms with Crippen molar-refractivity contribution in [2.24, 2.45) is 21.1 Å². The minimum Gasteiger partial charge on any atom is -0.497 e. The molecule has 24 heteroatoms. The second-order valence-corrected chi connectivity index (χ2v) is 27.9. The summed E-state index contributed by atoms with van der Waals surface area (Å²) in [4.78, 5) is 91.6. The van der Waals surface area contributed by atoms with Crippen molar-refractivity contribution in [3.05, 3.63) is 291 Å². The second-order valence-electron chi connectivity index (χ2n) is 27.0. The number of aryl methyl sites for hydroxylation is 9. The van der Waals surface area contributed by atoms with Crippen molar-refractivity contribution >= 4 is 107 Å². The van der Waals surface area contributed by atoms with E-state index in [-0.39, 0.29) is 36.3 Å². The maximum absolute atomic E-state index is 14.0. The molecule has 0 aliphatic rings. The van der Waals surface area contributed by atoms with Crippen LogP contribution in [0.2, 0.25) is 10.0 Å². The summed E-state index contributed by atoms with van der Waals surface area (Å²) in [6, 6.07) is 48.5. The molecule has 3 N–H and O–H groups in total. The Kier molecular flexibility index (Phi) is 20.2. The molecule has 6 aromatic carbocycles. The highest BCUT2D eigenvalue weighted by molar-refractivity contribution is 6.31. The third-order valence-electron chi connectivity index (χ3n) is 19.8. The number of rotatable bonds is 19. The molecule has 0 amide bonds. The summed E-state index contributed by atoms with van der Waals surface area (Å²) in [6.45, 7) is 12.8. The topological polar surface area (TPSA) is 255 Å². The van der Waals surface area contributed by atoms with Crippen LogP contribution in [0.15, 0.2) is 197 Å². The standard InChI is InChI=1S/C28H28N4O4.2C27H25ClN4O3/c1-17-6-5-7-22-26(17)20(15-30(22)3)16-31-23-13-8-18(2)29-27(23)32(28(31)35)24(14-25(33)34)19-9-11-21(36-4)12-10-19;1-16-6-4-9-21-25(16)19(14-30(21)3)15-31-22-11-10-17(2)29-26(22)32(27(31)35)23(13-24(33)34)18-7-5-8-20(28)12-18;1-16-5-4-6-21-25(16)19(14-30(21)3)15-31-22-12-7-17(2)29-26(22)32(27(31)35)23(13-24(33)34)18-8-10-20(28)11-9-18/h5-13,15,24H,14,16H2,1-4H3,(H,33,34);2*4-12,14,23H,13,15H2,1-3H3,(H,33,34)/t24-;2*23-/m111/s1. The van der Waals surface area contributed by atoms with Crippen LogP contribution in [0.4, 0.5) is 0 Å². The van der Waals surface area contributed by atoms with Gasteiger partial charge in [0.1, 0.15) is 5.75 Å². The molecule has 3 atom stereocenters. The number of halogens is 2. The largest absolute Gasteiger partial charge is 0.497 e. The lowest BCUT2D eigenvalue weighted by molar-refractivity contribution is -0.138. The van der Waals surface area contributed by atoms with Crippen LogP contribution in [-0.4, -0.2) is 96.4 Å². The molecule has 0 unspecified atom stereocenters. The number of imidazole rings is 3. The molecule has 0 aliphatic heterocycles. The van der Waals surface area contributed by atoms with E-state index in [2.05, 4.69) is 80.8 Å². The van der Waals surface area contributed by atoms with Crippen molar-refractivity contribution in [3.63, 3.8) is 0 Å². The zero-order valence-electron chi connectivity index (χ0n) is 60.1. The van der Waals surface area contributed by atoms with Gasteiger partial charge in [0.05, 0.1) is 80.7 Å². The molecule has 540 valence electrons. The minimum atomic E-state index is -1.01. The average molecular weight is 1460 g/mol. The van der Waals surface area contributed by atoms with Crippen LogP contribution in [0.3, 0.4) is 0 Å². The normalized spacial score (nSPS) is 12.4. The van der Waals surface area contributed by atoms with Gasteiger partial charge in [0.15, 0.2) is 16.9 Å². The van der Waals surface area contributed by atoms with Gasteiger partial charge in [-0.15, -0.1) is 0 Å². The number of pyridine rings is 3. The lowest BCUT2D eigenvalue weighted by atomic mass is 10.0. The second kappa shape index (κ2) is 29.6. The van der Waals surface area contributed by atoms with Crippen LogP contribution in [0.5, 0.6) is 5.75 Å². The van der Waals surface area contributed by atoms with Crippen molar-refractivity contribution < 1.29 is 34.4 Å². The molecular weight excluding hydrogens is 1380 g/mol. The number of methoxy groups -OCH3 is 1. The molecule has 15 aromatic rings. The molecule has 15 rings (SSSR count). The van der Waals surface area contributed by atoms with E-state index in [1.165, 1.54) is 13.7 Å². The Bertz CT molecular complexity index is 6140. The Morgan fingerprint density at radius 2 is 0.717 bits per heavy atom. The quantitative estimate of drug-likeness (QED) is 0.0681. The van der Waals surface area contributed by atoms with Crippen LogP contribution < -0.4 is 21.8 Å². The third-order valence-corrected chi connectivity index (χ3v) is 20.3. The Hall–Kier alpha value is -12.0. The van der Waals surface area contributed by atoms with E-state index in [9.17, 15) is 44.1 Å². The number of ether oxygens (including phenoxy) is 1. The zero-order valence-corrected chi connectivity index (χ0v) is 61.6. The van der Waals surface area contributed by atoms with E-state index in [1.54, 1.807) is 93.6 Å². The smallest absolute Gasteiger partial charge is 0.331 e. The minimum absolute atomic E-state index is 0.256. The first-order valence-electron chi connectivity index (χ1n) is 34.4. The van der Waals surface area contributed by atoms with E-state index < -0.39 is 36.0 Å². The molecule has 0 bridgehead atoms. The maximum Gasteiger partial charge on any atom is 0.331 e. The van der Waals surface area contributed by atoms with Crippen LogP contribution in [0.25, 0.3) is 66.2 Å². The SMILES string of the molecule is COc1ccc([C@@H](CC(=O)O)n2c(=O)n(Cc3cn(C)c4cccc(C)c34)c3ccc(C)nc32)cc1.Cc1ccc2c(n1)n([C@H](CC(=O)O)c1ccc(Cl)cc1)c(=O)n2Cc1cn(C)c2cccc(C)c12.Cc1ccc2c(n1)n([C@H](CC(=O)O)c1cccc(Cl)c1)c(=O)n2Cc1cn(C)c2cccc(C)c12. The number of hydrogen-bond acceptors (Lipinski definition) is 10. The summed E-state index contributed by atoms with van der Waals surface area (Å²) >= 11 is 12.3. The van der Waals surface area contributed by atoms with E-state index >= 15 is 0 Å². The van der Waals surface area contributed by atoms with Crippen molar-refractivity contribution in [1.29, 1.82) is 0 Å². The van der Waals surface area contributed by atoms with Gasteiger partial charge in [-0.2, -0.15) is 0 Å². The number of carboxylic acid groups (broad SMARTS) is 3. The summed E-state index contributed by atoms with van der Waals surface area (Å²) in [5, 5.41) is 33.5. The monoisotopic (exact) mass is 1460 g/mol. The molecule has 0 saturated carbocycles. The summed E-state index contributed by atoms with van der Waals surface area (Å²) in [6.07, 6.45) is 5.34. The van der Waals surface area contributed by atoms with Crippen molar-refractivity contribution in [3.8, 4) is 5.75 Å². The van der Waals surface area contributed by atoms with E-state index in [4.69, 9.17) is 32.9 Å². The summed E-state index contributed by atoms with van der Waals surface area (Å²) < 4.78 is 21.0. The van der Waals surface area contributed by atoms with Gasteiger partial charge in [0, 0.05) is 99.6 Å². The van der Waals surface area contributed by atoms with E-state index in [1.807, 2.05) is 115 Å².